The molecule has 3 N–H and O–H groups in total. The van der Waals surface area contributed by atoms with Crippen LogP contribution in [0.5, 0.6) is 11.5 Å². The SMILES string of the molecule is COc1ccc2c(c1O)N(C(C)=O)[C@H]1[C@@H]3CO[C@H](C)[C@H]4CCC[C@]21[C@H](N)C[C@H]34. The summed E-state index contributed by atoms with van der Waals surface area (Å²) in [7, 11) is 1.54. The normalized spacial score (nSPS) is 41.1. The number of nitrogens with two attached hydrogens (primary N) is 1. The van der Waals surface area contributed by atoms with E-state index in [-0.39, 0.29) is 41.2 Å². The first-order chi connectivity index (χ1) is 13.4. The molecule has 2 heterocycles. The lowest BCUT2D eigenvalue weighted by atomic mass is 9.51. The highest BCUT2D eigenvalue weighted by Crippen LogP contribution is 2.63. The van der Waals surface area contributed by atoms with Crippen molar-refractivity contribution in [1.82, 2.24) is 0 Å². The number of anilines is 1. The summed E-state index contributed by atoms with van der Waals surface area (Å²) in [5.74, 6) is 1.57. The van der Waals surface area contributed by atoms with Crippen molar-refractivity contribution in [1.29, 1.82) is 0 Å². The second-order valence-corrected chi connectivity index (χ2v) is 9.15. The van der Waals surface area contributed by atoms with Gasteiger partial charge in [0.15, 0.2) is 11.5 Å². The average Bonchev–Trinajstić information content (AvgIpc) is 2.96. The lowest BCUT2D eigenvalue weighted by Gasteiger charge is -2.59. The number of nitrogens with zero attached hydrogens (tertiary/aromatic N) is 1. The van der Waals surface area contributed by atoms with Crippen molar-refractivity contribution in [3.05, 3.63) is 17.7 Å². The Bertz CT molecular complexity index is 827. The van der Waals surface area contributed by atoms with E-state index >= 15 is 0 Å². The summed E-state index contributed by atoms with van der Waals surface area (Å²) < 4.78 is 11.6. The van der Waals surface area contributed by atoms with Crippen LogP contribution in [-0.4, -0.2) is 42.9 Å². The van der Waals surface area contributed by atoms with E-state index in [4.69, 9.17) is 15.2 Å². The van der Waals surface area contributed by atoms with E-state index in [1.165, 1.54) is 7.11 Å². The quantitative estimate of drug-likeness (QED) is 0.775. The molecule has 28 heavy (non-hydrogen) atoms. The number of rotatable bonds is 1. The minimum absolute atomic E-state index is 0.0391. The summed E-state index contributed by atoms with van der Waals surface area (Å²) >= 11 is 0. The van der Waals surface area contributed by atoms with Gasteiger partial charge in [0.2, 0.25) is 5.91 Å². The zero-order valence-corrected chi connectivity index (χ0v) is 16.9. The van der Waals surface area contributed by atoms with Crippen LogP contribution in [0.2, 0.25) is 0 Å². The zero-order chi connectivity index (χ0) is 19.8. The summed E-state index contributed by atoms with van der Waals surface area (Å²) in [4.78, 5) is 14.7. The summed E-state index contributed by atoms with van der Waals surface area (Å²) in [5.41, 5.74) is 8.20. The molecule has 6 heteroatoms. The van der Waals surface area contributed by atoms with Crippen LogP contribution in [0.4, 0.5) is 5.69 Å². The highest BCUT2D eigenvalue weighted by Gasteiger charge is 2.65. The van der Waals surface area contributed by atoms with Gasteiger partial charge in [-0.3, -0.25) is 4.79 Å². The van der Waals surface area contributed by atoms with Gasteiger partial charge in [0.1, 0.15) is 0 Å². The molecule has 1 aromatic carbocycles. The first kappa shape index (κ1) is 18.3. The third-order valence-electron chi connectivity index (χ3n) is 8.20. The van der Waals surface area contributed by atoms with E-state index in [1.807, 2.05) is 17.0 Å². The number of methoxy groups -OCH3 is 1. The molecule has 1 aromatic rings. The second-order valence-electron chi connectivity index (χ2n) is 9.15. The largest absolute Gasteiger partial charge is 0.503 e. The van der Waals surface area contributed by atoms with Gasteiger partial charge in [-0.05, 0) is 49.7 Å². The molecule has 0 aromatic heterocycles. The number of benzene rings is 1. The molecule has 6 rings (SSSR count). The number of carbonyl (C=O) groups is 1. The molecular weight excluding hydrogens is 356 g/mol. The minimum Gasteiger partial charge on any atom is -0.503 e. The number of phenols is 1. The molecule has 1 saturated heterocycles. The van der Waals surface area contributed by atoms with E-state index in [0.29, 0.717) is 29.9 Å². The first-order valence-corrected chi connectivity index (χ1v) is 10.5. The van der Waals surface area contributed by atoms with Crippen LogP contribution < -0.4 is 15.4 Å². The highest BCUT2D eigenvalue weighted by atomic mass is 16.5. The standard InChI is InChI=1S/C22H30N2O4/c1-11-13-5-4-8-22-16-6-7-17(27-3)20(26)19(16)24(12(2)25)21(22)15(10-28-11)14(13)9-18(22)23/h6-7,11,13-15,18,21,26H,4-5,8-10,23H2,1-3H3/t11-,13-,14+,15-,18-,21+,22-/m1/s1. The molecular formula is C22H30N2O4. The molecule has 2 aliphatic heterocycles. The second kappa shape index (κ2) is 6.10. The molecule has 0 unspecified atom stereocenters. The van der Waals surface area contributed by atoms with Crippen molar-refractivity contribution in [2.75, 3.05) is 18.6 Å². The predicted molar refractivity (Wildman–Crippen MR) is 106 cm³/mol. The van der Waals surface area contributed by atoms with Crippen LogP contribution in [0.15, 0.2) is 12.1 Å². The molecule has 1 amide bonds. The van der Waals surface area contributed by atoms with Gasteiger partial charge in [-0.1, -0.05) is 12.5 Å². The number of ether oxygens (including phenoxy) is 2. The Morgan fingerprint density at radius 3 is 2.86 bits per heavy atom. The van der Waals surface area contributed by atoms with Crippen LogP contribution in [0.1, 0.15) is 45.1 Å². The molecule has 4 fully saturated rings. The highest BCUT2D eigenvalue weighted by molar-refractivity contribution is 5.98. The van der Waals surface area contributed by atoms with Gasteiger partial charge in [-0.25, -0.2) is 0 Å². The number of hydrogen-bond donors (Lipinski definition) is 2. The predicted octanol–water partition coefficient (Wildman–Crippen LogP) is 2.56. The molecule has 5 aliphatic rings. The molecule has 3 saturated carbocycles. The molecule has 7 atom stereocenters. The number of amides is 1. The third-order valence-corrected chi connectivity index (χ3v) is 8.20. The van der Waals surface area contributed by atoms with Crippen LogP contribution in [0.3, 0.4) is 0 Å². The Labute approximate surface area is 166 Å². The first-order valence-electron chi connectivity index (χ1n) is 10.5. The topological polar surface area (TPSA) is 85.0 Å². The fourth-order valence-electron chi connectivity index (χ4n) is 7.12. The Balaban J connectivity index is 1.76. The van der Waals surface area contributed by atoms with Crippen molar-refractivity contribution in [3.63, 3.8) is 0 Å². The maximum absolute atomic E-state index is 12.9. The molecule has 4 bridgehead atoms. The van der Waals surface area contributed by atoms with Crippen LogP contribution in [-0.2, 0) is 14.9 Å². The van der Waals surface area contributed by atoms with Crippen LogP contribution in [0, 0.1) is 17.8 Å². The fraction of sp³-hybridized carbons (Fsp3) is 0.682. The third kappa shape index (κ3) is 2.08. The average molecular weight is 386 g/mol. The van der Waals surface area contributed by atoms with Crippen LogP contribution in [0.25, 0.3) is 0 Å². The Hall–Kier alpha value is -1.79. The van der Waals surface area contributed by atoms with Crippen molar-refractivity contribution in [2.45, 2.75) is 63.1 Å². The molecule has 1 spiro atoms. The van der Waals surface area contributed by atoms with Crippen molar-refractivity contribution >= 4 is 11.6 Å². The zero-order valence-electron chi connectivity index (χ0n) is 16.9. The monoisotopic (exact) mass is 386 g/mol. The van der Waals surface area contributed by atoms with E-state index in [1.54, 1.807) is 6.92 Å². The van der Waals surface area contributed by atoms with Crippen molar-refractivity contribution in [3.8, 4) is 11.5 Å². The summed E-state index contributed by atoms with van der Waals surface area (Å²) in [6, 6.07) is 3.73. The summed E-state index contributed by atoms with van der Waals surface area (Å²) in [6.07, 6.45) is 4.33. The lowest BCUT2D eigenvalue weighted by molar-refractivity contribution is -0.134. The number of phenolic OH excluding ortho intramolecular Hbond substituents is 1. The van der Waals surface area contributed by atoms with E-state index in [0.717, 1.165) is 31.2 Å². The summed E-state index contributed by atoms with van der Waals surface area (Å²) in [6.45, 7) is 4.42. The lowest BCUT2D eigenvalue weighted by Crippen LogP contribution is -2.68. The number of carbonyl (C=O) groups excluding carboxylic acids is 1. The number of aromatic hydroxyl groups is 1. The van der Waals surface area contributed by atoms with Crippen LogP contribution >= 0.6 is 0 Å². The van der Waals surface area contributed by atoms with Gasteiger partial charge < -0.3 is 25.2 Å². The summed E-state index contributed by atoms with van der Waals surface area (Å²) in [5, 5.41) is 11.0. The molecule has 152 valence electrons. The fourth-order valence-corrected chi connectivity index (χ4v) is 7.12. The maximum Gasteiger partial charge on any atom is 0.224 e. The van der Waals surface area contributed by atoms with E-state index in [9.17, 15) is 9.90 Å². The number of fused-ring (bicyclic) bond motifs is 4. The smallest absolute Gasteiger partial charge is 0.224 e. The molecule has 6 nitrogen and oxygen atoms in total. The molecule has 3 aliphatic carbocycles. The maximum atomic E-state index is 12.9. The Morgan fingerprint density at radius 1 is 1.36 bits per heavy atom. The number of hydrogen-bond acceptors (Lipinski definition) is 5. The van der Waals surface area contributed by atoms with Gasteiger partial charge in [0.05, 0.1) is 31.5 Å². The van der Waals surface area contributed by atoms with E-state index in [2.05, 4.69) is 6.92 Å². The Morgan fingerprint density at radius 2 is 2.14 bits per heavy atom. The Kier molecular flexibility index (Phi) is 3.98. The van der Waals surface area contributed by atoms with Gasteiger partial charge in [-0.15, -0.1) is 0 Å². The van der Waals surface area contributed by atoms with E-state index < -0.39 is 0 Å². The van der Waals surface area contributed by atoms with Gasteiger partial charge in [0, 0.05) is 24.3 Å². The van der Waals surface area contributed by atoms with Gasteiger partial charge >= 0.3 is 0 Å². The van der Waals surface area contributed by atoms with Gasteiger partial charge in [-0.2, -0.15) is 0 Å². The van der Waals surface area contributed by atoms with Crippen molar-refractivity contribution < 1.29 is 19.4 Å². The minimum atomic E-state index is -0.333. The molecule has 0 radical (unpaired) electrons. The van der Waals surface area contributed by atoms with Crippen molar-refractivity contribution in [2.24, 2.45) is 23.5 Å². The van der Waals surface area contributed by atoms with Gasteiger partial charge in [0.25, 0.3) is 0 Å².